The number of aliphatic hydroxyl groups is 1. The molecule has 1 saturated carbocycles. The highest BCUT2D eigenvalue weighted by Gasteiger charge is 2.54. The first-order valence-electron chi connectivity index (χ1n) is 10.9. The van der Waals surface area contributed by atoms with Crippen molar-refractivity contribution >= 4 is 17.6 Å². The summed E-state index contributed by atoms with van der Waals surface area (Å²) < 4.78 is 13.9. The summed E-state index contributed by atoms with van der Waals surface area (Å²) in [6.07, 6.45) is 2.36. The lowest BCUT2D eigenvalue weighted by Gasteiger charge is -2.58. The number of urea groups is 1. The van der Waals surface area contributed by atoms with Crippen LogP contribution in [0.1, 0.15) is 29.9 Å². The number of rotatable bonds is 3. The smallest absolute Gasteiger partial charge is 0.322 e. The van der Waals surface area contributed by atoms with Crippen molar-refractivity contribution in [3.63, 3.8) is 0 Å². The Morgan fingerprint density at radius 3 is 2.59 bits per heavy atom. The molecule has 0 radical (unpaired) electrons. The number of hydrogen-bond donors (Lipinski definition) is 2. The quantitative estimate of drug-likeness (QED) is 0.732. The van der Waals surface area contributed by atoms with Crippen LogP contribution in [-0.2, 0) is 4.79 Å². The first-order chi connectivity index (χ1) is 15.5. The summed E-state index contributed by atoms with van der Waals surface area (Å²) in [6, 6.07) is 12.8. The third-order valence-corrected chi connectivity index (χ3v) is 6.45. The third kappa shape index (κ3) is 3.82. The lowest BCUT2D eigenvalue weighted by molar-refractivity contribution is -0.159. The van der Waals surface area contributed by atoms with Gasteiger partial charge in [0.1, 0.15) is 12.4 Å². The summed E-state index contributed by atoms with van der Waals surface area (Å²) in [5.41, 5.74) is 2.03. The molecule has 2 saturated heterocycles. The van der Waals surface area contributed by atoms with Gasteiger partial charge in [-0.3, -0.25) is 4.79 Å². The van der Waals surface area contributed by atoms with Crippen LogP contribution in [0.5, 0.6) is 0 Å². The highest BCUT2D eigenvalue weighted by atomic mass is 19.1. The zero-order valence-electron chi connectivity index (χ0n) is 17.5. The Bertz CT molecular complexity index is 1100. The molecule has 0 aromatic heterocycles. The number of anilines is 1. The molecule has 3 atom stereocenters. The van der Waals surface area contributed by atoms with E-state index in [9.17, 15) is 19.1 Å². The van der Waals surface area contributed by atoms with Crippen molar-refractivity contribution in [1.82, 2.24) is 9.80 Å². The van der Waals surface area contributed by atoms with Gasteiger partial charge in [-0.05, 0) is 42.7 Å². The molecule has 3 fully saturated rings. The van der Waals surface area contributed by atoms with E-state index in [1.165, 1.54) is 29.9 Å². The number of halogens is 1. The first kappa shape index (κ1) is 20.5. The topological polar surface area (TPSA) is 72.9 Å². The Morgan fingerprint density at radius 1 is 1.16 bits per heavy atom. The number of hydrogen-bond acceptors (Lipinski definition) is 3. The first-order valence-corrected chi connectivity index (χ1v) is 10.9. The van der Waals surface area contributed by atoms with E-state index in [-0.39, 0.29) is 42.7 Å². The summed E-state index contributed by atoms with van der Waals surface area (Å²) >= 11 is 0. The third-order valence-electron chi connectivity index (χ3n) is 6.45. The highest BCUT2D eigenvalue weighted by Crippen LogP contribution is 2.43. The Morgan fingerprint density at radius 2 is 1.91 bits per heavy atom. The molecular weight excluding hydrogens is 409 g/mol. The Balaban J connectivity index is 1.32. The van der Waals surface area contributed by atoms with Gasteiger partial charge in [0, 0.05) is 23.9 Å². The monoisotopic (exact) mass is 433 g/mol. The van der Waals surface area contributed by atoms with Crippen LogP contribution in [0.4, 0.5) is 14.9 Å². The number of carbonyl (C=O) groups excluding carboxylic acids is 2. The Hall–Kier alpha value is -3.37. The molecule has 6 nitrogen and oxygen atoms in total. The molecule has 2 aliphatic heterocycles. The van der Waals surface area contributed by atoms with E-state index in [1.807, 2.05) is 24.3 Å². The number of nitrogens with one attached hydrogen (secondary N) is 1. The SMILES string of the molecule is O=C(Nc1ccccc1F)N1CC(=O)N2[C@H](CO)[C@H](c3ccc(C#CC4CC4)cc3)[C@H]2C1. The minimum atomic E-state index is -0.530. The van der Waals surface area contributed by atoms with E-state index in [4.69, 9.17) is 0 Å². The lowest BCUT2D eigenvalue weighted by Crippen LogP contribution is -2.73. The number of aliphatic hydroxyl groups excluding tert-OH is 1. The molecule has 32 heavy (non-hydrogen) atoms. The number of nitrogens with zero attached hydrogens (tertiary/aromatic N) is 2. The summed E-state index contributed by atoms with van der Waals surface area (Å²) in [5, 5.41) is 12.5. The molecule has 2 aromatic carbocycles. The van der Waals surface area contributed by atoms with E-state index in [2.05, 4.69) is 17.2 Å². The minimum absolute atomic E-state index is 0.0775. The van der Waals surface area contributed by atoms with Gasteiger partial charge in [-0.15, -0.1) is 0 Å². The number of amides is 3. The fourth-order valence-electron chi connectivity index (χ4n) is 4.61. The molecule has 2 heterocycles. The predicted octanol–water partition coefficient (Wildman–Crippen LogP) is 2.79. The van der Waals surface area contributed by atoms with Crippen LogP contribution in [0.2, 0.25) is 0 Å². The second-order valence-electron chi connectivity index (χ2n) is 8.60. The van der Waals surface area contributed by atoms with Crippen molar-refractivity contribution in [2.24, 2.45) is 5.92 Å². The number of carbonyl (C=O) groups is 2. The molecule has 2 aromatic rings. The van der Waals surface area contributed by atoms with Gasteiger partial charge in [0.2, 0.25) is 5.91 Å². The molecule has 7 heteroatoms. The van der Waals surface area contributed by atoms with Crippen LogP contribution < -0.4 is 5.32 Å². The van der Waals surface area contributed by atoms with Crippen molar-refractivity contribution in [3.8, 4) is 11.8 Å². The molecule has 0 unspecified atom stereocenters. The van der Waals surface area contributed by atoms with E-state index in [0.29, 0.717) is 12.5 Å². The molecule has 1 aliphatic carbocycles. The standard InChI is InChI=1S/C25H24FN3O3/c26-19-3-1-2-4-20(19)27-25(32)28-13-21-24(22(15-30)29(21)23(31)14-28)18-11-9-17(10-12-18)8-7-16-5-6-16/h1-4,9-12,16,21-22,24,30H,5-6,13-15H2,(H,27,32)/t21-,22-,24-/m1/s1. The maximum Gasteiger partial charge on any atom is 0.322 e. The van der Waals surface area contributed by atoms with Crippen molar-refractivity contribution in [1.29, 1.82) is 0 Å². The number of piperazine rings is 1. The minimum Gasteiger partial charge on any atom is -0.394 e. The maximum absolute atomic E-state index is 13.9. The van der Waals surface area contributed by atoms with Gasteiger partial charge in [-0.1, -0.05) is 36.1 Å². The fraction of sp³-hybridized carbons (Fsp3) is 0.360. The second-order valence-corrected chi connectivity index (χ2v) is 8.60. The maximum atomic E-state index is 13.9. The molecule has 3 amide bonds. The second kappa shape index (κ2) is 8.29. The molecule has 3 aliphatic rings. The Kier molecular flexibility index (Phi) is 5.32. The summed E-state index contributed by atoms with van der Waals surface area (Å²) in [6.45, 7) is 0.0731. The van der Waals surface area contributed by atoms with E-state index in [1.54, 1.807) is 17.0 Å². The number of para-hydroxylation sites is 1. The number of fused-ring (bicyclic) bond motifs is 1. The van der Waals surface area contributed by atoms with Crippen molar-refractivity contribution in [3.05, 3.63) is 65.5 Å². The van der Waals surface area contributed by atoms with E-state index >= 15 is 0 Å². The molecule has 164 valence electrons. The largest absolute Gasteiger partial charge is 0.394 e. The lowest BCUT2D eigenvalue weighted by atomic mass is 9.73. The van der Waals surface area contributed by atoms with Gasteiger partial charge >= 0.3 is 6.03 Å². The molecular formula is C25H24FN3O3. The molecule has 5 rings (SSSR count). The van der Waals surface area contributed by atoms with Crippen molar-refractivity contribution < 1.29 is 19.1 Å². The highest BCUT2D eigenvalue weighted by molar-refractivity contribution is 5.94. The number of benzene rings is 2. The zero-order chi connectivity index (χ0) is 22.2. The van der Waals surface area contributed by atoms with Crippen LogP contribution in [0.15, 0.2) is 48.5 Å². The predicted molar refractivity (Wildman–Crippen MR) is 117 cm³/mol. The van der Waals surface area contributed by atoms with E-state index < -0.39 is 11.8 Å². The van der Waals surface area contributed by atoms with Crippen molar-refractivity contribution in [2.45, 2.75) is 30.8 Å². The fourth-order valence-corrected chi connectivity index (χ4v) is 4.61. The normalized spacial score (nSPS) is 24.2. The van der Waals surface area contributed by atoms with Crippen LogP contribution in [0.25, 0.3) is 0 Å². The van der Waals surface area contributed by atoms with Crippen LogP contribution in [0, 0.1) is 23.6 Å². The average Bonchev–Trinajstić information content (AvgIpc) is 3.60. The zero-order valence-corrected chi connectivity index (χ0v) is 17.5. The summed E-state index contributed by atoms with van der Waals surface area (Å²) in [5.74, 6) is 6.13. The Labute approximate surface area is 186 Å². The molecule has 0 bridgehead atoms. The van der Waals surface area contributed by atoms with Gasteiger partial charge in [-0.2, -0.15) is 0 Å². The average molecular weight is 433 g/mol. The van der Waals surface area contributed by atoms with E-state index in [0.717, 1.165) is 11.1 Å². The summed E-state index contributed by atoms with van der Waals surface area (Å²) in [7, 11) is 0. The van der Waals surface area contributed by atoms with Gasteiger partial charge in [0.15, 0.2) is 0 Å². The van der Waals surface area contributed by atoms with Gasteiger partial charge in [0.05, 0.1) is 24.4 Å². The molecule has 0 spiro atoms. The van der Waals surface area contributed by atoms with Crippen LogP contribution in [-0.4, -0.2) is 58.6 Å². The summed E-state index contributed by atoms with van der Waals surface area (Å²) in [4.78, 5) is 28.6. The van der Waals surface area contributed by atoms with Gasteiger partial charge in [0.25, 0.3) is 0 Å². The van der Waals surface area contributed by atoms with Gasteiger partial charge in [-0.25, -0.2) is 9.18 Å². The van der Waals surface area contributed by atoms with Crippen LogP contribution in [0.3, 0.4) is 0 Å². The van der Waals surface area contributed by atoms with Crippen LogP contribution >= 0.6 is 0 Å². The molecule has 2 N–H and O–H groups in total. The van der Waals surface area contributed by atoms with Gasteiger partial charge < -0.3 is 20.2 Å². The van der Waals surface area contributed by atoms with Crippen molar-refractivity contribution in [2.75, 3.05) is 25.0 Å².